The van der Waals surface area contributed by atoms with Gasteiger partial charge in [0, 0.05) is 49.2 Å². The van der Waals surface area contributed by atoms with Gasteiger partial charge in [0.15, 0.2) is 11.5 Å². The van der Waals surface area contributed by atoms with Crippen molar-refractivity contribution in [3.8, 4) is 16.9 Å². The van der Waals surface area contributed by atoms with Crippen LogP contribution < -0.4 is 15.8 Å². The summed E-state index contributed by atoms with van der Waals surface area (Å²) in [4.78, 5) is 57.2. The first-order valence-electron chi connectivity index (χ1n) is 16.0. The molecule has 1 atom stereocenters. The minimum atomic E-state index is -1.16. The van der Waals surface area contributed by atoms with E-state index < -0.39 is 35.1 Å². The average molecular weight is 680 g/mol. The molecule has 1 aromatic carbocycles. The van der Waals surface area contributed by atoms with E-state index in [0.29, 0.717) is 33.4 Å². The van der Waals surface area contributed by atoms with E-state index in [1.807, 2.05) is 39.8 Å². The lowest BCUT2D eigenvalue weighted by molar-refractivity contribution is -0.131. The second-order valence-corrected chi connectivity index (χ2v) is 12.6. The zero-order valence-corrected chi connectivity index (χ0v) is 28.3. The SMILES string of the molecule is [C-]#[N+]C[C@H]1CN(c2c(C(=O)NC)c(=O)n(-c3c(C)ccnc3C(C)C)c3nc(-c4c(C)ccc5[nH]ncc45)c(F)cc23)CCN1C(=O)C(=C)F. The number of amides is 2. The predicted molar refractivity (Wildman–Crippen MR) is 187 cm³/mol. The van der Waals surface area contributed by atoms with Gasteiger partial charge in [0.2, 0.25) is 6.54 Å². The standard InChI is InChI=1S/C36H35F2N9O3/c1-18(2)29-31(20(4)10-11-41-29)47-33-23(14-25(38)30(43-33)27-19(3)8-9-26-24(27)16-42-44-26)32(28(36(47)50)34(48)40-7)45-12-13-46(35(49)21(5)37)22(17-45)15-39-6/h8-11,14,16,18,22H,5,12-13,15,17H2,1-4,7H3,(H,40,48)(H,42,44)/t22-/m0/s1. The van der Waals surface area contributed by atoms with Crippen molar-refractivity contribution in [1.29, 1.82) is 0 Å². The molecular formula is C36H35F2N9O3. The number of aromatic amines is 1. The van der Waals surface area contributed by atoms with Crippen LogP contribution in [0.15, 0.2) is 53.9 Å². The number of benzene rings is 1. The third-order valence-corrected chi connectivity index (χ3v) is 9.12. The number of halogens is 2. The van der Waals surface area contributed by atoms with Crippen LogP contribution in [0, 0.1) is 26.2 Å². The third-order valence-electron chi connectivity index (χ3n) is 9.12. The lowest BCUT2D eigenvalue weighted by atomic mass is 9.98. The van der Waals surface area contributed by atoms with Crippen LogP contribution in [0.1, 0.15) is 46.9 Å². The van der Waals surface area contributed by atoms with Crippen LogP contribution in [-0.2, 0) is 4.79 Å². The molecule has 5 heterocycles. The van der Waals surface area contributed by atoms with Crippen molar-refractivity contribution in [2.45, 2.75) is 39.7 Å². The largest absolute Gasteiger partial charge is 0.366 e. The van der Waals surface area contributed by atoms with Gasteiger partial charge in [0.05, 0.1) is 28.8 Å². The minimum Gasteiger partial charge on any atom is -0.366 e. The fourth-order valence-corrected chi connectivity index (χ4v) is 6.78. The number of hydrogen-bond acceptors (Lipinski definition) is 7. The number of carbonyl (C=O) groups excluding carboxylic acids is 2. The first kappa shape index (κ1) is 33.9. The molecule has 0 aliphatic carbocycles. The highest BCUT2D eigenvalue weighted by atomic mass is 19.1. The quantitative estimate of drug-likeness (QED) is 0.183. The Morgan fingerprint density at radius 2 is 1.92 bits per heavy atom. The summed E-state index contributed by atoms with van der Waals surface area (Å²) in [5.41, 5.74) is 2.67. The van der Waals surface area contributed by atoms with E-state index in [4.69, 9.17) is 11.6 Å². The number of nitrogens with one attached hydrogen (secondary N) is 2. The number of fused-ring (bicyclic) bond motifs is 2. The number of rotatable bonds is 7. The molecule has 4 aromatic heterocycles. The molecule has 0 radical (unpaired) electrons. The Kier molecular flexibility index (Phi) is 8.92. The van der Waals surface area contributed by atoms with Crippen LogP contribution in [0.5, 0.6) is 0 Å². The van der Waals surface area contributed by atoms with E-state index in [-0.39, 0.29) is 60.1 Å². The number of aromatic nitrogens is 5. The first-order valence-corrected chi connectivity index (χ1v) is 16.0. The van der Waals surface area contributed by atoms with Gasteiger partial charge >= 0.3 is 0 Å². The molecule has 256 valence electrons. The van der Waals surface area contributed by atoms with Gasteiger partial charge in [0.25, 0.3) is 17.4 Å². The lowest BCUT2D eigenvalue weighted by Crippen LogP contribution is -2.57. The van der Waals surface area contributed by atoms with Crippen LogP contribution >= 0.6 is 0 Å². The van der Waals surface area contributed by atoms with Crippen molar-refractivity contribution in [2.75, 3.05) is 38.1 Å². The van der Waals surface area contributed by atoms with Crippen LogP contribution in [0.4, 0.5) is 14.5 Å². The number of pyridine rings is 3. The molecule has 2 N–H and O–H groups in total. The summed E-state index contributed by atoms with van der Waals surface area (Å²) < 4.78 is 32.0. The molecule has 6 rings (SSSR count). The van der Waals surface area contributed by atoms with Gasteiger partial charge in [-0.2, -0.15) is 5.10 Å². The molecular weight excluding hydrogens is 644 g/mol. The highest BCUT2D eigenvalue weighted by Crippen LogP contribution is 2.38. The van der Waals surface area contributed by atoms with Crippen molar-refractivity contribution >= 4 is 39.4 Å². The Morgan fingerprint density at radius 3 is 2.60 bits per heavy atom. The van der Waals surface area contributed by atoms with E-state index in [1.54, 1.807) is 23.4 Å². The van der Waals surface area contributed by atoms with Gasteiger partial charge in [0.1, 0.15) is 23.1 Å². The molecule has 0 spiro atoms. The van der Waals surface area contributed by atoms with Crippen molar-refractivity contribution in [1.82, 2.24) is 34.9 Å². The van der Waals surface area contributed by atoms with Gasteiger partial charge in [-0.1, -0.05) is 26.5 Å². The normalized spacial score (nSPS) is 14.7. The molecule has 2 amide bonds. The molecule has 50 heavy (non-hydrogen) atoms. The number of anilines is 1. The number of H-pyrrole nitrogens is 1. The summed E-state index contributed by atoms with van der Waals surface area (Å²) >= 11 is 0. The molecule has 0 saturated carbocycles. The van der Waals surface area contributed by atoms with Crippen LogP contribution in [-0.4, -0.2) is 80.7 Å². The highest BCUT2D eigenvalue weighted by molar-refractivity contribution is 6.08. The molecule has 1 aliphatic rings. The second-order valence-electron chi connectivity index (χ2n) is 12.6. The number of aryl methyl sites for hydroxylation is 2. The molecule has 5 aromatic rings. The molecule has 14 heteroatoms. The molecule has 1 fully saturated rings. The Hall–Kier alpha value is -5.97. The van der Waals surface area contributed by atoms with Gasteiger partial charge in [-0.25, -0.2) is 20.3 Å². The Morgan fingerprint density at radius 1 is 1.16 bits per heavy atom. The number of hydrogen-bond donors (Lipinski definition) is 2. The lowest BCUT2D eigenvalue weighted by Gasteiger charge is -2.41. The van der Waals surface area contributed by atoms with Gasteiger partial charge in [-0.05, 0) is 49.1 Å². The fraction of sp³-hybridized carbons (Fsp3) is 0.306. The number of carbonyl (C=O) groups is 2. The highest BCUT2D eigenvalue weighted by Gasteiger charge is 2.37. The van der Waals surface area contributed by atoms with Crippen LogP contribution in [0.2, 0.25) is 0 Å². The summed E-state index contributed by atoms with van der Waals surface area (Å²) in [5, 5.41) is 10.4. The Bertz CT molecular complexity index is 2320. The van der Waals surface area contributed by atoms with Crippen LogP contribution in [0.3, 0.4) is 0 Å². The summed E-state index contributed by atoms with van der Waals surface area (Å²) in [6.45, 7) is 17.9. The Balaban J connectivity index is 1.74. The van der Waals surface area contributed by atoms with E-state index in [0.717, 1.165) is 5.56 Å². The van der Waals surface area contributed by atoms with E-state index >= 15 is 4.39 Å². The van der Waals surface area contributed by atoms with Crippen LogP contribution in [0.25, 0.3) is 43.7 Å². The summed E-state index contributed by atoms with van der Waals surface area (Å²) in [5.74, 6) is -3.70. The monoisotopic (exact) mass is 679 g/mol. The Labute approximate surface area is 286 Å². The maximum atomic E-state index is 16.7. The van der Waals surface area contributed by atoms with Crippen molar-refractivity contribution in [2.24, 2.45) is 0 Å². The number of piperazine rings is 1. The maximum absolute atomic E-state index is 16.7. The summed E-state index contributed by atoms with van der Waals surface area (Å²) in [6.07, 6.45) is 3.23. The van der Waals surface area contributed by atoms with E-state index in [9.17, 15) is 18.8 Å². The molecule has 0 bridgehead atoms. The zero-order chi connectivity index (χ0) is 36.0. The fourth-order valence-electron chi connectivity index (χ4n) is 6.78. The minimum absolute atomic E-state index is 0.0239. The average Bonchev–Trinajstić information content (AvgIpc) is 3.56. The van der Waals surface area contributed by atoms with Gasteiger partial charge in [-0.3, -0.25) is 29.0 Å². The maximum Gasteiger partial charge on any atom is 0.282 e. The van der Waals surface area contributed by atoms with E-state index in [2.05, 4.69) is 31.9 Å². The number of nitrogens with zero attached hydrogens (tertiary/aromatic N) is 7. The first-order chi connectivity index (χ1) is 23.9. The molecule has 1 saturated heterocycles. The van der Waals surface area contributed by atoms with Gasteiger partial charge < -0.3 is 20.0 Å². The molecule has 1 aliphatic heterocycles. The smallest absolute Gasteiger partial charge is 0.282 e. The predicted octanol–water partition coefficient (Wildman–Crippen LogP) is 4.98. The topological polar surface area (TPSA) is 133 Å². The molecule has 0 unspecified atom stereocenters. The van der Waals surface area contributed by atoms with Crippen molar-refractivity contribution in [3.05, 3.63) is 99.0 Å². The van der Waals surface area contributed by atoms with Crippen molar-refractivity contribution in [3.63, 3.8) is 0 Å². The second kappa shape index (κ2) is 13.1. The third kappa shape index (κ3) is 5.54. The molecule has 12 nitrogen and oxygen atoms in total. The summed E-state index contributed by atoms with van der Waals surface area (Å²) in [6, 6.07) is 5.85. The van der Waals surface area contributed by atoms with E-state index in [1.165, 1.54) is 22.6 Å². The summed E-state index contributed by atoms with van der Waals surface area (Å²) in [7, 11) is 1.39. The van der Waals surface area contributed by atoms with Crippen molar-refractivity contribution < 1.29 is 18.4 Å². The van der Waals surface area contributed by atoms with Gasteiger partial charge in [-0.15, -0.1) is 0 Å². The zero-order valence-electron chi connectivity index (χ0n) is 28.3.